The summed E-state index contributed by atoms with van der Waals surface area (Å²) in [4.78, 5) is 22.1. The zero-order valence-corrected chi connectivity index (χ0v) is 21.6. The molecular formula is C25H28FN5O3S2. The molecule has 0 unspecified atom stereocenters. The third-order valence-electron chi connectivity index (χ3n) is 6.79. The Balaban J connectivity index is 1.20. The minimum Gasteiger partial charge on any atom is -0.371 e. The highest BCUT2D eigenvalue weighted by Gasteiger charge is 2.35. The molecule has 11 heteroatoms. The normalized spacial score (nSPS) is 19.5. The lowest BCUT2D eigenvalue weighted by Gasteiger charge is -2.42. The Labute approximate surface area is 214 Å². The van der Waals surface area contributed by atoms with Gasteiger partial charge < -0.3 is 15.1 Å². The molecule has 2 aliphatic rings. The Morgan fingerprint density at radius 3 is 2.50 bits per heavy atom. The van der Waals surface area contributed by atoms with Crippen LogP contribution in [0.4, 0.5) is 15.2 Å². The average molecular weight is 530 g/mol. The molecule has 1 atom stereocenters. The van der Waals surface area contributed by atoms with Gasteiger partial charge in [0.2, 0.25) is 11.0 Å². The van der Waals surface area contributed by atoms with Gasteiger partial charge in [0.05, 0.1) is 10.6 Å². The molecule has 0 aliphatic carbocycles. The number of likely N-dealkylation sites (tertiary alicyclic amines) is 1. The van der Waals surface area contributed by atoms with Crippen molar-refractivity contribution in [1.82, 2.24) is 14.3 Å². The van der Waals surface area contributed by atoms with Crippen molar-refractivity contribution in [3.63, 3.8) is 0 Å². The first-order chi connectivity index (χ1) is 17.3. The molecule has 2 aromatic carbocycles. The Bertz CT molecular complexity index is 1340. The number of anilines is 2. The van der Waals surface area contributed by atoms with Crippen molar-refractivity contribution in [1.29, 1.82) is 0 Å². The Morgan fingerprint density at radius 2 is 1.81 bits per heavy atom. The first-order valence-corrected chi connectivity index (χ1v) is 14.7. The summed E-state index contributed by atoms with van der Waals surface area (Å²) in [6.45, 7) is 2.27. The number of rotatable bonds is 6. The lowest BCUT2D eigenvalue weighted by atomic mass is 9.97. The number of hydrogen-bond donors (Lipinski definition) is 1. The van der Waals surface area contributed by atoms with Crippen LogP contribution in [0.15, 0.2) is 53.4 Å². The van der Waals surface area contributed by atoms with Crippen LogP contribution in [-0.4, -0.2) is 66.6 Å². The molecule has 1 aromatic heterocycles. The van der Waals surface area contributed by atoms with Crippen molar-refractivity contribution in [2.75, 3.05) is 36.1 Å². The van der Waals surface area contributed by atoms with Crippen LogP contribution in [0.3, 0.4) is 0 Å². The van der Waals surface area contributed by atoms with Crippen LogP contribution in [0.1, 0.15) is 25.7 Å². The summed E-state index contributed by atoms with van der Waals surface area (Å²) in [5.41, 5.74) is 1.14. The van der Waals surface area contributed by atoms with Gasteiger partial charge in [-0.25, -0.2) is 12.8 Å². The fourth-order valence-corrected chi connectivity index (χ4v) is 6.22. The summed E-state index contributed by atoms with van der Waals surface area (Å²) in [6.07, 6.45) is 4.13. The first-order valence-electron chi connectivity index (χ1n) is 12.0. The lowest BCUT2D eigenvalue weighted by Crippen LogP contribution is -2.54. The van der Waals surface area contributed by atoms with Gasteiger partial charge in [0.25, 0.3) is 0 Å². The van der Waals surface area contributed by atoms with E-state index in [2.05, 4.69) is 14.6 Å². The van der Waals surface area contributed by atoms with Gasteiger partial charge in [-0.3, -0.25) is 4.79 Å². The Kier molecular flexibility index (Phi) is 6.94. The molecule has 2 saturated heterocycles. The Hall–Kier alpha value is -3.05. The summed E-state index contributed by atoms with van der Waals surface area (Å²) < 4.78 is 42.4. The fraction of sp³-hybridized carbons (Fsp3) is 0.400. The SMILES string of the molecule is CS(=O)(=O)c1ccc(N[C@H]2CCCN(C3CCN(c4nc(-c5ccccc5)ns4)CC3)C2=O)c(F)c1. The number of carbonyl (C=O) groups excluding carboxylic acids is 1. The molecule has 8 nitrogen and oxygen atoms in total. The maximum Gasteiger partial charge on any atom is 0.245 e. The van der Waals surface area contributed by atoms with Gasteiger partial charge >= 0.3 is 0 Å². The number of carbonyl (C=O) groups is 1. The standard InChI is InChI=1S/C25H28FN5O3S2/c1-36(33,34)19-9-10-21(20(26)16-19)27-22-8-5-13-31(24(22)32)18-11-14-30(15-12-18)25-28-23(29-35-25)17-6-3-2-4-7-17/h2-4,6-7,9-10,16,18,22,27H,5,8,11-15H2,1H3/t22-/m0/s1. The van der Waals surface area contributed by atoms with E-state index in [1.807, 2.05) is 35.2 Å². The van der Waals surface area contributed by atoms with Crippen LogP contribution >= 0.6 is 11.5 Å². The molecule has 5 rings (SSSR count). The third kappa shape index (κ3) is 5.22. The van der Waals surface area contributed by atoms with E-state index in [4.69, 9.17) is 4.98 Å². The smallest absolute Gasteiger partial charge is 0.245 e. The molecule has 0 saturated carbocycles. The maximum atomic E-state index is 14.6. The van der Waals surface area contributed by atoms with E-state index in [1.165, 1.54) is 23.7 Å². The summed E-state index contributed by atoms with van der Waals surface area (Å²) in [7, 11) is -3.50. The van der Waals surface area contributed by atoms with E-state index in [-0.39, 0.29) is 22.5 Å². The molecule has 0 spiro atoms. The number of halogens is 1. The molecule has 0 radical (unpaired) electrons. The van der Waals surface area contributed by atoms with Crippen LogP contribution in [-0.2, 0) is 14.6 Å². The molecule has 36 heavy (non-hydrogen) atoms. The van der Waals surface area contributed by atoms with E-state index in [9.17, 15) is 17.6 Å². The Morgan fingerprint density at radius 1 is 1.06 bits per heavy atom. The summed E-state index contributed by atoms with van der Waals surface area (Å²) in [5, 5.41) is 3.90. The largest absolute Gasteiger partial charge is 0.371 e. The summed E-state index contributed by atoms with van der Waals surface area (Å²) >= 11 is 1.39. The van der Waals surface area contributed by atoms with Gasteiger partial charge in [0.1, 0.15) is 11.9 Å². The van der Waals surface area contributed by atoms with Gasteiger partial charge in [-0.1, -0.05) is 30.3 Å². The molecule has 3 aromatic rings. The second-order valence-electron chi connectivity index (χ2n) is 9.27. The number of aromatic nitrogens is 2. The predicted molar refractivity (Wildman–Crippen MR) is 138 cm³/mol. The molecule has 3 heterocycles. The molecule has 0 bridgehead atoms. The van der Waals surface area contributed by atoms with Crippen molar-refractivity contribution in [3.05, 3.63) is 54.3 Å². The van der Waals surface area contributed by atoms with Crippen LogP contribution < -0.4 is 10.2 Å². The van der Waals surface area contributed by atoms with Gasteiger partial charge in [0.15, 0.2) is 15.7 Å². The number of sulfone groups is 1. The molecular weight excluding hydrogens is 501 g/mol. The van der Waals surface area contributed by atoms with Crippen LogP contribution in [0.2, 0.25) is 0 Å². The average Bonchev–Trinajstić information content (AvgIpc) is 3.37. The van der Waals surface area contributed by atoms with Crippen molar-refractivity contribution in [3.8, 4) is 11.4 Å². The predicted octanol–water partition coefficient (Wildman–Crippen LogP) is 3.82. The van der Waals surface area contributed by atoms with Gasteiger partial charge in [0, 0.05) is 49.0 Å². The topological polar surface area (TPSA) is 95.5 Å². The quantitative estimate of drug-likeness (QED) is 0.519. The second kappa shape index (κ2) is 10.1. The van der Waals surface area contributed by atoms with Gasteiger partial charge in [-0.2, -0.15) is 9.36 Å². The number of nitrogens with one attached hydrogen (secondary N) is 1. The third-order valence-corrected chi connectivity index (χ3v) is 8.68. The van der Waals surface area contributed by atoms with E-state index in [1.54, 1.807) is 0 Å². The molecule has 190 valence electrons. The van der Waals surface area contributed by atoms with Gasteiger partial charge in [-0.05, 0) is 43.9 Å². The molecule has 1 amide bonds. The van der Waals surface area contributed by atoms with Gasteiger partial charge in [-0.15, -0.1) is 0 Å². The van der Waals surface area contributed by atoms with Crippen molar-refractivity contribution in [2.45, 2.75) is 42.7 Å². The van der Waals surface area contributed by atoms with Crippen molar-refractivity contribution >= 4 is 38.1 Å². The number of hydrogen-bond acceptors (Lipinski definition) is 8. The first kappa shape index (κ1) is 24.6. The zero-order valence-electron chi connectivity index (χ0n) is 19.9. The highest BCUT2D eigenvalue weighted by Crippen LogP contribution is 2.29. The minimum atomic E-state index is -3.50. The number of piperidine rings is 2. The minimum absolute atomic E-state index is 0.0337. The van der Waals surface area contributed by atoms with E-state index >= 15 is 0 Å². The summed E-state index contributed by atoms with van der Waals surface area (Å²) in [6, 6.07) is 13.2. The van der Waals surface area contributed by atoms with Crippen LogP contribution in [0, 0.1) is 5.82 Å². The van der Waals surface area contributed by atoms with E-state index in [0.29, 0.717) is 13.0 Å². The zero-order chi connectivity index (χ0) is 25.3. The molecule has 2 fully saturated rings. The monoisotopic (exact) mass is 529 g/mol. The second-order valence-corrected chi connectivity index (χ2v) is 12.0. The maximum absolute atomic E-state index is 14.6. The highest BCUT2D eigenvalue weighted by molar-refractivity contribution is 7.90. The highest BCUT2D eigenvalue weighted by atomic mass is 32.2. The summed E-state index contributed by atoms with van der Waals surface area (Å²) in [5.74, 6) is 0.0197. The lowest BCUT2D eigenvalue weighted by molar-refractivity contribution is -0.137. The van der Waals surface area contributed by atoms with E-state index < -0.39 is 21.7 Å². The molecule has 1 N–H and O–H groups in total. The fourth-order valence-electron chi connectivity index (χ4n) is 4.84. The van der Waals surface area contributed by atoms with Crippen LogP contribution in [0.25, 0.3) is 11.4 Å². The van der Waals surface area contributed by atoms with E-state index in [0.717, 1.165) is 61.2 Å². The van der Waals surface area contributed by atoms with Crippen LogP contribution in [0.5, 0.6) is 0 Å². The van der Waals surface area contributed by atoms with Crippen molar-refractivity contribution in [2.24, 2.45) is 0 Å². The molecule has 2 aliphatic heterocycles. The number of benzene rings is 2. The number of nitrogens with zero attached hydrogens (tertiary/aromatic N) is 4. The van der Waals surface area contributed by atoms with Crippen molar-refractivity contribution < 1.29 is 17.6 Å². The number of amides is 1.